The highest BCUT2D eigenvalue weighted by Crippen LogP contribution is 1.81. The molecule has 0 heterocycles. The molecule has 11 heteroatoms. The van der Waals surface area contributed by atoms with Gasteiger partial charge < -0.3 is 40.4 Å². The van der Waals surface area contributed by atoms with Crippen LogP contribution in [0.15, 0.2) is 0 Å². The number of nitrogens with two attached hydrogens (primary N) is 1. The summed E-state index contributed by atoms with van der Waals surface area (Å²) in [6.45, 7) is 1.76. The lowest BCUT2D eigenvalue weighted by atomic mass is 10.6. The fourth-order valence-electron chi connectivity index (χ4n) is 1.32. The molecule has 0 aromatic rings. The van der Waals surface area contributed by atoms with E-state index < -0.39 is 12.0 Å². The quantitative estimate of drug-likeness (QED) is 0.231. The fourth-order valence-corrected chi connectivity index (χ4v) is 1.32. The Labute approximate surface area is 139 Å². The van der Waals surface area contributed by atoms with E-state index in [9.17, 15) is 14.4 Å². The Bertz CT molecular complexity index is 335. The van der Waals surface area contributed by atoms with Gasteiger partial charge in [0, 0.05) is 13.1 Å². The number of nitrogens with one attached hydrogen (secondary N) is 2. The number of hydrogen-bond donors (Lipinski definition) is 4. The average molecular weight is 351 g/mol. The van der Waals surface area contributed by atoms with Gasteiger partial charge in [0.2, 0.25) is 5.91 Å². The Kier molecular flexibility index (Phi) is 14.6. The smallest absolute Gasteiger partial charge is 0.329 e. The van der Waals surface area contributed by atoms with Crippen molar-refractivity contribution in [2.45, 2.75) is 0 Å². The van der Waals surface area contributed by atoms with Crippen molar-refractivity contribution in [2.24, 2.45) is 5.73 Å². The zero-order chi connectivity index (χ0) is 18.0. The van der Waals surface area contributed by atoms with E-state index in [1.165, 1.54) is 0 Å². The molecule has 140 valence electrons. The molecular weight excluding hydrogens is 326 g/mol. The van der Waals surface area contributed by atoms with Gasteiger partial charge in [0.25, 0.3) is 0 Å². The third-order valence-electron chi connectivity index (χ3n) is 2.32. The number of carboxylic acids is 1. The molecule has 24 heavy (non-hydrogen) atoms. The molecule has 5 N–H and O–H groups in total. The van der Waals surface area contributed by atoms with E-state index in [0.717, 1.165) is 0 Å². The van der Waals surface area contributed by atoms with Crippen LogP contribution in [0, 0.1) is 0 Å². The molecule has 0 atom stereocenters. The summed E-state index contributed by atoms with van der Waals surface area (Å²) in [5, 5.41) is 13.3. The van der Waals surface area contributed by atoms with Gasteiger partial charge in [-0.25, -0.2) is 9.59 Å². The summed E-state index contributed by atoms with van der Waals surface area (Å²) in [5.41, 5.74) is 4.87. The molecule has 0 saturated carbocycles. The van der Waals surface area contributed by atoms with Gasteiger partial charge in [-0.2, -0.15) is 0 Å². The summed E-state index contributed by atoms with van der Waals surface area (Å²) in [4.78, 5) is 31.9. The first kappa shape index (κ1) is 22.1. The number of urea groups is 1. The van der Waals surface area contributed by atoms with Crippen molar-refractivity contribution in [1.82, 2.24) is 10.6 Å². The molecular formula is C13H25N3O8. The van der Waals surface area contributed by atoms with Gasteiger partial charge in [-0.3, -0.25) is 4.79 Å². The van der Waals surface area contributed by atoms with Gasteiger partial charge in [-0.15, -0.1) is 0 Å². The molecule has 0 aromatic heterocycles. The third-order valence-corrected chi connectivity index (χ3v) is 2.32. The second kappa shape index (κ2) is 15.9. The maximum atomic E-state index is 11.4. The van der Waals surface area contributed by atoms with Crippen LogP contribution in [0.2, 0.25) is 0 Å². The SMILES string of the molecule is NC(=O)NCCOCCOCC(=O)NCCOCCOCC(=O)O. The number of carbonyl (C=O) groups is 3. The van der Waals surface area contributed by atoms with E-state index in [0.29, 0.717) is 26.3 Å². The van der Waals surface area contributed by atoms with E-state index in [4.69, 9.17) is 29.8 Å². The van der Waals surface area contributed by atoms with E-state index in [1.807, 2.05) is 0 Å². The Morgan fingerprint density at radius 1 is 0.750 bits per heavy atom. The molecule has 0 spiro atoms. The highest BCUT2D eigenvalue weighted by Gasteiger charge is 2.01. The summed E-state index contributed by atoms with van der Waals surface area (Å²) >= 11 is 0. The molecule has 0 saturated heterocycles. The van der Waals surface area contributed by atoms with E-state index in [1.54, 1.807) is 0 Å². The van der Waals surface area contributed by atoms with Crippen molar-refractivity contribution < 1.29 is 38.4 Å². The van der Waals surface area contributed by atoms with Crippen LogP contribution in [0.1, 0.15) is 0 Å². The standard InChI is InChI=1S/C13H25N3O8/c14-13(20)16-2-4-22-5-7-23-9-11(17)15-1-3-21-6-8-24-10-12(18)19/h1-10H2,(H,15,17)(H,18,19)(H3,14,16,20). The molecule has 0 aromatic carbocycles. The van der Waals surface area contributed by atoms with Gasteiger partial charge in [0.1, 0.15) is 13.2 Å². The van der Waals surface area contributed by atoms with E-state index in [-0.39, 0.29) is 45.5 Å². The maximum absolute atomic E-state index is 11.4. The van der Waals surface area contributed by atoms with Crippen LogP contribution in [-0.4, -0.2) is 89.0 Å². The normalized spacial score (nSPS) is 10.3. The number of carbonyl (C=O) groups excluding carboxylic acids is 2. The zero-order valence-corrected chi connectivity index (χ0v) is 13.5. The second-order valence-electron chi connectivity index (χ2n) is 4.36. The first-order chi connectivity index (χ1) is 11.5. The molecule has 0 aliphatic heterocycles. The van der Waals surface area contributed by atoms with Crippen molar-refractivity contribution in [3.63, 3.8) is 0 Å². The minimum Gasteiger partial charge on any atom is -0.480 e. The summed E-state index contributed by atoms with van der Waals surface area (Å²) in [5.74, 6) is -1.31. The van der Waals surface area contributed by atoms with Gasteiger partial charge in [-0.1, -0.05) is 0 Å². The molecule has 0 radical (unpaired) electrons. The molecule has 0 rings (SSSR count). The van der Waals surface area contributed by atoms with Crippen molar-refractivity contribution >= 4 is 17.9 Å². The summed E-state index contributed by atoms with van der Waals surface area (Å²) in [6.07, 6.45) is 0. The Hall–Kier alpha value is -1.95. The zero-order valence-electron chi connectivity index (χ0n) is 13.5. The van der Waals surface area contributed by atoms with Crippen molar-refractivity contribution in [1.29, 1.82) is 0 Å². The topological polar surface area (TPSA) is 158 Å². The number of amides is 3. The Morgan fingerprint density at radius 3 is 1.79 bits per heavy atom. The van der Waals surface area contributed by atoms with Crippen molar-refractivity contribution in [3.8, 4) is 0 Å². The number of rotatable bonds is 16. The number of primary amides is 1. The minimum atomic E-state index is -1.03. The van der Waals surface area contributed by atoms with E-state index >= 15 is 0 Å². The summed E-state index contributed by atoms with van der Waals surface area (Å²) < 4.78 is 20.1. The molecule has 0 fully saturated rings. The largest absolute Gasteiger partial charge is 0.480 e. The number of hydrogen-bond acceptors (Lipinski definition) is 7. The number of aliphatic carboxylic acids is 1. The van der Waals surface area contributed by atoms with Gasteiger partial charge >= 0.3 is 12.0 Å². The third kappa shape index (κ3) is 18.1. The average Bonchev–Trinajstić information content (AvgIpc) is 2.51. The van der Waals surface area contributed by atoms with Gasteiger partial charge in [-0.05, 0) is 0 Å². The number of carboxylic acid groups (broad SMARTS) is 1. The molecule has 0 aliphatic carbocycles. The lowest BCUT2D eigenvalue weighted by Crippen LogP contribution is -2.32. The van der Waals surface area contributed by atoms with Crippen molar-refractivity contribution in [2.75, 3.05) is 65.9 Å². The van der Waals surface area contributed by atoms with Gasteiger partial charge in [0.15, 0.2) is 0 Å². The maximum Gasteiger partial charge on any atom is 0.329 e. The van der Waals surface area contributed by atoms with Crippen LogP contribution in [-0.2, 0) is 28.5 Å². The second-order valence-corrected chi connectivity index (χ2v) is 4.36. The minimum absolute atomic E-state index is 0.0926. The molecule has 11 nitrogen and oxygen atoms in total. The first-order valence-electron chi connectivity index (χ1n) is 7.35. The number of ether oxygens (including phenoxy) is 4. The fraction of sp³-hybridized carbons (Fsp3) is 0.769. The van der Waals surface area contributed by atoms with Crippen LogP contribution in [0.25, 0.3) is 0 Å². The van der Waals surface area contributed by atoms with Crippen LogP contribution in [0.5, 0.6) is 0 Å². The van der Waals surface area contributed by atoms with Gasteiger partial charge in [0.05, 0.1) is 39.6 Å². The van der Waals surface area contributed by atoms with E-state index in [2.05, 4.69) is 10.6 Å². The first-order valence-corrected chi connectivity index (χ1v) is 7.35. The van der Waals surface area contributed by atoms with Crippen LogP contribution < -0.4 is 16.4 Å². The molecule has 0 aliphatic rings. The van der Waals surface area contributed by atoms with Crippen molar-refractivity contribution in [3.05, 3.63) is 0 Å². The van der Waals surface area contributed by atoms with Crippen LogP contribution >= 0.6 is 0 Å². The Morgan fingerprint density at radius 2 is 1.25 bits per heavy atom. The summed E-state index contributed by atoms with van der Waals surface area (Å²) in [7, 11) is 0. The highest BCUT2D eigenvalue weighted by atomic mass is 16.5. The predicted octanol–water partition coefficient (Wildman–Crippen LogP) is -2.08. The molecule has 0 unspecified atom stereocenters. The molecule has 3 amide bonds. The van der Waals surface area contributed by atoms with Crippen LogP contribution in [0.3, 0.4) is 0 Å². The van der Waals surface area contributed by atoms with Crippen LogP contribution in [0.4, 0.5) is 4.79 Å². The molecule has 0 bridgehead atoms. The lowest BCUT2D eigenvalue weighted by Gasteiger charge is -2.08. The lowest BCUT2D eigenvalue weighted by molar-refractivity contribution is -0.142. The summed E-state index contributed by atoms with van der Waals surface area (Å²) in [6, 6.07) is -0.608. The predicted molar refractivity (Wildman–Crippen MR) is 81.5 cm³/mol. The highest BCUT2D eigenvalue weighted by molar-refractivity contribution is 5.77. The Balaban J connectivity index is 3.21. The monoisotopic (exact) mass is 351 g/mol.